The first kappa shape index (κ1) is 18.9. The Hall–Kier alpha value is -2.45. The number of nitro groups is 1. The van der Waals surface area contributed by atoms with E-state index in [2.05, 4.69) is 12.0 Å². The fourth-order valence-corrected chi connectivity index (χ4v) is 2.83. The average molecular weight is 366 g/mol. The summed E-state index contributed by atoms with van der Waals surface area (Å²) in [6, 6.07) is 7.67. The summed E-state index contributed by atoms with van der Waals surface area (Å²) in [5.74, 6) is -0.118. The number of benzene rings is 1. The molecular formula is C16H20ClN5O3. The molecule has 1 aliphatic heterocycles. The maximum atomic E-state index is 12.6. The number of halogens is 1. The summed E-state index contributed by atoms with van der Waals surface area (Å²) < 4.78 is 1.54. The van der Waals surface area contributed by atoms with Gasteiger partial charge in [-0.2, -0.15) is 5.10 Å². The fourth-order valence-electron chi connectivity index (χ4n) is 2.83. The van der Waals surface area contributed by atoms with E-state index >= 15 is 0 Å². The Bertz CT molecular complexity index is 776. The second-order valence-electron chi connectivity index (χ2n) is 6.41. The molecule has 0 saturated carbocycles. The van der Waals surface area contributed by atoms with E-state index in [1.54, 1.807) is 29.3 Å². The molecule has 1 atom stereocenters. The van der Waals surface area contributed by atoms with Crippen LogP contribution in [0.5, 0.6) is 0 Å². The van der Waals surface area contributed by atoms with Crippen molar-refractivity contribution < 1.29 is 9.72 Å². The second kappa shape index (κ2) is 7.20. The minimum absolute atomic E-state index is 0. The van der Waals surface area contributed by atoms with Gasteiger partial charge in [0.25, 0.3) is 11.6 Å². The van der Waals surface area contributed by atoms with Crippen LogP contribution in [0.2, 0.25) is 0 Å². The van der Waals surface area contributed by atoms with Crippen LogP contribution in [-0.4, -0.2) is 45.1 Å². The Kier molecular flexibility index (Phi) is 5.44. The normalized spacial score (nSPS) is 19.5. The third-order valence-corrected chi connectivity index (χ3v) is 4.47. The van der Waals surface area contributed by atoms with E-state index in [1.165, 1.54) is 16.8 Å². The van der Waals surface area contributed by atoms with Gasteiger partial charge in [-0.05, 0) is 36.6 Å². The van der Waals surface area contributed by atoms with Gasteiger partial charge in [-0.1, -0.05) is 6.92 Å². The summed E-state index contributed by atoms with van der Waals surface area (Å²) in [7, 11) is 0. The number of rotatable bonds is 4. The first-order valence-electron chi connectivity index (χ1n) is 7.72. The highest BCUT2D eigenvalue weighted by Gasteiger charge is 2.35. The molecular weight excluding hydrogens is 346 g/mol. The number of hydrogen-bond donors (Lipinski definition) is 1. The molecule has 1 amide bonds. The maximum absolute atomic E-state index is 12.6. The first-order valence-corrected chi connectivity index (χ1v) is 7.72. The molecule has 9 heteroatoms. The van der Waals surface area contributed by atoms with Crippen molar-refractivity contribution in [1.29, 1.82) is 0 Å². The Balaban J connectivity index is 0.00000225. The molecule has 3 rings (SSSR count). The Morgan fingerprint density at radius 1 is 1.36 bits per heavy atom. The predicted octanol–water partition coefficient (Wildman–Crippen LogP) is 2.01. The SMILES string of the molecule is CC1(CN)CCN(C(=O)c2ccn(-c3ccc([N+](=O)[O-])cc3)n2)C1.Cl. The molecule has 0 bridgehead atoms. The van der Waals surface area contributed by atoms with Gasteiger partial charge in [-0.3, -0.25) is 14.9 Å². The van der Waals surface area contributed by atoms with Gasteiger partial charge in [-0.15, -0.1) is 12.4 Å². The van der Waals surface area contributed by atoms with E-state index < -0.39 is 4.92 Å². The number of likely N-dealkylation sites (tertiary alicyclic amines) is 1. The molecule has 25 heavy (non-hydrogen) atoms. The number of nitrogens with two attached hydrogens (primary N) is 1. The van der Waals surface area contributed by atoms with Crippen molar-refractivity contribution in [3.05, 3.63) is 52.3 Å². The van der Waals surface area contributed by atoms with Gasteiger partial charge in [0.15, 0.2) is 5.69 Å². The molecule has 1 aliphatic rings. The molecule has 0 aliphatic carbocycles. The van der Waals surface area contributed by atoms with Crippen LogP contribution in [0, 0.1) is 15.5 Å². The van der Waals surface area contributed by atoms with Crippen LogP contribution in [0.3, 0.4) is 0 Å². The van der Waals surface area contributed by atoms with E-state index in [4.69, 9.17) is 5.73 Å². The van der Waals surface area contributed by atoms with Crippen molar-refractivity contribution in [2.24, 2.45) is 11.1 Å². The molecule has 2 N–H and O–H groups in total. The van der Waals surface area contributed by atoms with Gasteiger partial charge in [0.2, 0.25) is 0 Å². The molecule has 1 unspecified atom stereocenters. The van der Waals surface area contributed by atoms with Crippen molar-refractivity contribution >= 4 is 24.0 Å². The van der Waals surface area contributed by atoms with E-state index in [-0.39, 0.29) is 29.4 Å². The Morgan fingerprint density at radius 2 is 2.04 bits per heavy atom. The molecule has 1 aromatic carbocycles. The second-order valence-corrected chi connectivity index (χ2v) is 6.41. The van der Waals surface area contributed by atoms with Crippen molar-refractivity contribution in [3.63, 3.8) is 0 Å². The monoisotopic (exact) mass is 365 g/mol. The lowest BCUT2D eigenvalue weighted by molar-refractivity contribution is -0.384. The van der Waals surface area contributed by atoms with E-state index in [0.29, 0.717) is 31.0 Å². The van der Waals surface area contributed by atoms with Crippen molar-refractivity contribution in [2.45, 2.75) is 13.3 Å². The van der Waals surface area contributed by atoms with Gasteiger partial charge in [0.1, 0.15) is 0 Å². The highest BCUT2D eigenvalue weighted by Crippen LogP contribution is 2.29. The number of carbonyl (C=O) groups excluding carboxylic acids is 1. The van der Waals surface area contributed by atoms with E-state index in [9.17, 15) is 14.9 Å². The van der Waals surface area contributed by atoms with Crippen LogP contribution in [0.4, 0.5) is 5.69 Å². The van der Waals surface area contributed by atoms with E-state index in [1.807, 2.05) is 0 Å². The van der Waals surface area contributed by atoms with Gasteiger partial charge >= 0.3 is 0 Å². The third kappa shape index (κ3) is 3.80. The van der Waals surface area contributed by atoms with Crippen LogP contribution in [-0.2, 0) is 0 Å². The van der Waals surface area contributed by atoms with Crippen LogP contribution in [0.15, 0.2) is 36.5 Å². The predicted molar refractivity (Wildman–Crippen MR) is 95.1 cm³/mol. The number of non-ortho nitro benzene ring substituents is 1. The summed E-state index contributed by atoms with van der Waals surface area (Å²) in [6.45, 7) is 3.94. The van der Waals surface area contributed by atoms with Crippen LogP contribution in [0.25, 0.3) is 5.69 Å². The smallest absolute Gasteiger partial charge is 0.274 e. The van der Waals surface area contributed by atoms with Gasteiger partial charge in [0, 0.05) is 31.4 Å². The largest absolute Gasteiger partial charge is 0.337 e. The lowest BCUT2D eigenvalue weighted by Gasteiger charge is -2.22. The molecule has 134 valence electrons. The molecule has 0 spiro atoms. The van der Waals surface area contributed by atoms with Crippen molar-refractivity contribution in [3.8, 4) is 5.69 Å². The topological polar surface area (TPSA) is 107 Å². The number of carbonyl (C=O) groups is 1. The van der Waals surface area contributed by atoms with E-state index in [0.717, 1.165) is 6.42 Å². The summed E-state index contributed by atoms with van der Waals surface area (Å²) in [6.07, 6.45) is 2.56. The number of nitro benzene ring substituents is 1. The van der Waals surface area contributed by atoms with Crippen molar-refractivity contribution in [2.75, 3.05) is 19.6 Å². The van der Waals surface area contributed by atoms with Gasteiger partial charge in [-0.25, -0.2) is 4.68 Å². The van der Waals surface area contributed by atoms with Crippen molar-refractivity contribution in [1.82, 2.24) is 14.7 Å². The summed E-state index contributed by atoms with van der Waals surface area (Å²) in [5, 5.41) is 15.0. The average Bonchev–Trinajstić information content (AvgIpc) is 3.22. The fraction of sp³-hybridized carbons (Fsp3) is 0.375. The van der Waals surface area contributed by atoms with Crippen LogP contribution >= 0.6 is 12.4 Å². The molecule has 8 nitrogen and oxygen atoms in total. The first-order chi connectivity index (χ1) is 11.4. The highest BCUT2D eigenvalue weighted by molar-refractivity contribution is 5.92. The molecule has 2 heterocycles. The summed E-state index contributed by atoms with van der Waals surface area (Å²) >= 11 is 0. The minimum Gasteiger partial charge on any atom is -0.337 e. The summed E-state index contributed by atoms with van der Waals surface area (Å²) in [5.41, 5.74) is 6.78. The molecule has 1 aromatic heterocycles. The van der Waals surface area contributed by atoms with Crippen LogP contribution in [0.1, 0.15) is 23.8 Å². The van der Waals surface area contributed by atoms with Gasteiger partial charge in [0.05, 0.1) is 10.6 Å². The number of nitrogens with zero attached hydrogens (tertiary/aromatic N) is 4. The standard InChI is InChI=1S/C16H19N5O3.ClH/c1-16(10-17)7-9-19(11-16)15(22)14-6-8-20(18-14)12-2-4-13(5-3-12)21(23)24;/h2-6,8H,7,9-11,17H2,1H3;1H. The van der Waals surface area contributed by atoms with Crippen LogP contribution < -0.4 is 5.73 Å². The lowest BCUT2D eigenvalue weighted by atomic mass is 9.90. The zero-order chi connectivity index (χ0) is 17.3. The maximum Gasteiger partial charge on any atom is 0.274 e. The Morgan fingerprint density at radius 3 is 2.60 bits per heavy atom. The zero-order valence-electron chi connectivity index (χ0n) is 13.8. The molecule has 1 fully saturated rings. The zero-order valence-corrected chi connectivity index (χ0v) is 14.6. The lowest BCUT2D eigenvalue weighted by Crippen LogP contribution is -2.34. The summed E-state index contributed by atoms with van der Waals surface area (Å²) in [4.78, 5) is 24.6. The third-order valence-electron chi connectivity index (χ3n) is 4.47. The number of amides is 1. The number of aromatic nitrogens is 2. The molecule has 2 aromatic rings. The minimum atomic E-state index is -0.455. The van der Waals surface area contributed by atoms with Gasteiger partial charge < -0.3 is 10.6 Å². The Labute approximate surface area is 151 Å². The quantitative estimate of drug-likeness (QED) is 0.658. The highest BCUT2D eigenvalue weighted by atomic mass is 35.5. The molecule has 0 radical (unpaired) electrons. The molecule has 1 saturated heterocycles. The number of hydrogen-bond acceptors (Lipinski definition) is 5.